The average molecular weight is 362 g/mol. The number of rotatable bonds is 4. The number of nitrogens with zero attached hydrogens (tertiary/aromatic N) is 4. The van der Waals surface area contributed by atoms with Gasteiger partial charge in [-0.05, 0) is 36.4 Å². The minimum atomic E-state index is -3.54. The first-order valence-electron chi connectivity index (χ1n) is 7.46. The Morgan fingerprint density at radius 2 is 2.17 bits per heavy atom. The lowest BCUT2D eigenvalue weighted by Gasteiger charge is -2.20. The molecule has 1 aliphatic rings. The van der Waals surface area contributed by atoms with Crippen LogP contribution in [0.1, 0.15) is 24.8 Å². The van der Waals surface area contributed by atoms with Gasteiger partial charge in [-0.3, -0.25) is 4.98 Å². The van der Waals surface area contributed by atoms with Gasteiger partial charge in [0, 0.05) is 12.7 Å². The van der Waals surface area contributed by atoms with E-state index in [2.05, 4.69) is 15.1 Å². The largest absolute Gasteiger partial charge is 0.337 e. The van der Waals surface area contributed by atoms with Gasteiger partial charge in [0.15, 0.2) is 0 Å². The molecule has 4 heterocycles. The average Bonchev–Trinajstić information content (AvgIpc) is 3.35. The Bertz CT molecular complexity index is 923. The molecular weight excluding hydrogens is 348 g/mol. The van der Waals surface area contributed by atoms with Gasteiger partial charge in [0.25, 0.3) is 10.0 Å². The van der Waals surface area contributed by atoms with Gasteiger partial charge in [-0.25, -0.2) is 8.42 Å². The summed E-state index contributed by atoms with van der Waals surface area (Å²) < 4.78 is 32.7. The highest BCUT2D eigenvalue weighted by atomic mass is 32.2. The number of aromatic nitrogens is 3. The number of hydrogen-bond acceptors (Lipinski definition) is 7. The van der Waals surface area contributed by atoms with Crippen LogP contribution < -0.4 is 0 Å². The van der Waals surface area contributed by atoms with E-state index in [9.17, 15) is 8.42 Å². The van der Waals surface area contributed by atoms with E-state index < -0.39 is 16.1 Å². The van der Waals surface area contributed by atoms with Gasteiger partial charge < -0.3 is 4.52 Å². The lowest BCUT2D eigenvalue weighted by Crippen LogP contribution is -2.30. The summed E-state index contributed by atoms with van der Waals surface area (Å²) in [5.74, 6) is 0.680. The number of thiophene rings is 1. The van der Waals surface area contributed by atoms with Gasteiger partial charge >= 0.3 is 0 Å². The minimum Gasteiger partial charge on any atom is -0.337 e. The van der Waals surface area contributed by atoms with Gasteiger partial charge in [0.05, 0.1) is 0 Å². The Balaban J connectivity index is 1.66. The van der Waals surface area contributed by atoms with Crippen LogP contribution in [0.5, 0.6) is 0 Å². The van der Waals surface area contributed by atoms with E-state index >= 15 is 0 Å². The maximum atomic E-state index is 12.8. The second-order valence-electron chi connectivity index (χ2n) is 5.38. The molecule has 0 N–H and O–H groups in total. The predicted octanol–water partition coefficient (Wildman–Crippen LogP) is 2.72. The molecule has 0 aliphatic carbocycles. The first kappa shape index (κ1) is 15.4. The van der Waals surface area contributed by atoms with E-state index in [1.54, 1.807) is 35.8 Å². The Morgan fingerprint density at radius 3 is 2.92 bits per heavy atom. The van der Waals surface area contributed by atoms with E-state index in [0.717, 1.165) is 6.42 Å². The van der Waals surface area contributed by atoms with Gasteiger partial charge in [0.2, 0.25) is 11.7 Å². The zero-order chi connectivity index (χ0) is 16.6. The van der Waals surface area contributed by atoms with Crippen molar-refractivity contribution in [1.82, 2.24) is 19.4 Å². The third-order valence-electron chi connectivity index (χ3n) is 3.88. The predicted molar refractivity (Wildman–Crippen MR) is 87.7 cm³/mol. The first-order chi connectivity index (χ1) is 11.7. The van der Waals surface area contributed by atoms with Gasteiger partial charge in [0.1, 0.15) is 15.9 Å². The Labute approximate surface area is 143 Å². The molecular formula is C15H14N4O3S2. The summed E-state index contributed by atoms with van der Waals surface area (Å²) in [4.78, 5) is 8.55. The second kappa shape index (κ2) is 6.08. The molecule has 24 heavy (non-hydrogen) atoms. The summed E-state index contributed by atoms with van der Waals surface area (Å²) in [5.41, 5.74) is 0.596. The molecule has 0 bridgehead atoms. The Morgan fingerprint density at radius 1 is 1.25 bits per heavy atom. The highest BCUT2D eigenvalue weighted by Crippen LogP contribution is 2.37. The van der Waals surface area contributed by atoms with Crippen molar-refractivity contribution in [3.05, 3.63) is 47.8 Å². The second-order valence-corrected chi connectivity index (χ2v) is 8.44. The van der Waals surface area contributed by atoms with Crippen LogP contribution in [0, 0.1) is 0 Å². The van der Waals surface area contributed by atoms with Crippen LogP contribution in [-0.4, -0.2) is 34.4 Å². The lowest BCUT2D eigenvalue weighted by molar-refractivity contribution is 0.291. The van der Waals surface area contributed by atoms with E-state index in [0.29, 0.717) is 34.6 Å². The maximum absolute atomic E-state index is 12.8. The van der Waals surface area contributed by atoms with E-state index in [-0.39, 0.29) is 0 Å². The molecule has 3 aromatic rings. The zero-order valence-corrected chi connectivity index (χ0v) is 14.2. The van der Waals surface area contributed by atoms with Crippen molar-refractivity contribution < 1.29 is 12.9 Å². The fraction of sp³-hybridized carbons (Fsp3) is 0.267. The van der Waals surface area contributed by atoms with Crippen molar-refractivity contribution in [1.29, 1.82) is 0 Å². The molecule has 0 amide bonds. The first-order valence-corrected chi connectivity index (χ1v) is 9.78. The van der Waals surface area contributed by atoms with Crippen molar-refractivity contribution in [2.24, 2.45) is 0 Å². The van der Waals surface area contributed by atoms with Crippen molar-refractivity contribution >= 4 is 21.4 Å². The monoisotopic (exact) mass is 362 g/mol. The summed E-state index contributed by atoms with van der Waals surface area (Å²) in [6, 6.07) is 8.33. The number of hydrogen-bond donors (Lipinski definition) is 0. The molecule has 0 unspecified atom stereocenters. The fourth-order valence-electron chi connectivity index (χ4n) is 2.77. The van der Waals surface area contributed by atoms with Crippen LogP contribution in [0.15, 0.2) is 50.6 Å². The van der Waals surface area contributed by atoms with Crippen LogP contribution in [0.4, 0.5) is 0 Å². The topological polar surface area (TPSA) is 89.2 Å². The Kier molecular flexibility index (Phi) is 3.91. The SMILES string of the molecule is O=S(=O)(c1cccs1)N1CCC[C@@H]1c1nc(-c2ccccn2)no1. The smallest absolute Gasteiger partial charge is 0.253 e. The number of pyridine rings is 1. The van der Waals surface area contributed by atoms with E-state index in [1.165, 1.54) is 15.6 Å². The molecule has 0 aromatic carbocycles. The molecule has 124 valence electrons. The molecule has 4 rings (SSSR count). The zero-order valence-electron chi connectivity index (χ0n) is 12.6. The molecule has 1 saturated heterocycles. The molecule has 0 spiro atoms. The molecule has 0 saturated carbocycles. The summed E-state index contributed by atoms with van der Waals surface area (Å²) in [6.07, 6.45) is 3.07. The molecule has 1 aliphatic heterocycles. The van der Waals surface area contributed by atoms with Crippen LogP contribution in [0.25, 0.3) is 11.5 Å². The molecule has 3 aromatic heterocycles. The normalized spacial score (nSPS) is 18.9. The van der Waals surface area contributed by atoms with Crippen LogP contribution >= 0.6 is 11.3 Å². The summed E-state index contributed by atoms with van der Waals surface area (Å²) in [6.45, 7) is 0.451. The molecule has 0 radical (unpaired) electrons. The van der Waals surface area contributed by atoms with Gasteiger partial charge in [-0.1, -0.05) is 17.3 Å². The molecule has 1 atom stereocenters. The highest BCUT2D eigenvalue weighted by Gasteiger charge is 2.39. The standard InChI is InChI=1S/C15H14N4O3S2/c20-24(21,13-7-4-10-23-13)19-9-3-6-12(19)15-17-14(18-22-15)11-5-1-2-8-16-11/h1-2,4-5,7-8,10,12H,3,6,9H2/t12-/m1/s1. The summed E-state index contributed by atoms with van der Waals surface area (Å²) in [5, 5.41) is 5.70. The summed E-state index contributed by atoms with van der Waals surface area (Å²) in [7, 11) is -3.54. The third kappa shape index (κ3) is 2.64. The molecule has 7 nitrogen and oxygen atoms in total. The van der Waals surface area contributed by atoms with E-state index in [1.807, 2.05) is 6.07 Å². The highest BCUT2D eigenvalue weighted by molar-refractivity contribution is 7.91. The quantitative estimate of drug-likeness (QED) is 0.709. The molecule has 9 heteroatoms. The maximum Gasteiger partial charge on any atom is 0.253 e. The minimum absolute atomic E-state index is 0.313. The third-order valence-corrected chi connectivity index (χ3v) is 7.16. The molecule has 1 fully saturated rings. The summed E-state index contributed by atoms with van der Waals surface area (Å²) >= 11 is 1.21. The number of sulfonamides is 1. The van der Waals surface area contributed by atoms with Crippen molar-refractivity contribution in [3.63, 3.8) is 0 Å². The van der Waals surface area contributed by atoms with Crippen LogP contribution in [-0.2, 0) is 10.0 Å². The van der Waals surface area contributed by atoms with Crippen molar-refractivity contribution in [2.45, 2.75) is 23.1 Å². The lowest BCUT2D eigenvalue weighted by atomic mass is 10.2. The Hall–Kier alpha value is -2.10. The van der Waals surface area contributed by atoms with Crippen molar-refractivity contribution in [3.8, 4) is 11.5 Å². The van der Waals surface area contributed by atoms with E-state index in [4.69, 9.17) is 4.52 Å². The van der Waals surface area contributed by atoms with Crippen LogP contribution in [0.2, 0.25) is 0 Å². The van der Waals surface area contributed by atoms with Gasteiger partial charge in [-0.2, -0.15) is 9.29 Å². The van der Waals surface area contributed by atoms with Crippen molar-refractivity contribution in [2.75, 3.05) is 6.54 Å². The van der Waals surface area contributed by atoms with Crippen LogP contribution in [0.3, 0.4) is 0 Å². The van der Waals surface area contributed by atoms with Gasteiger partial charge in [-0.15, -0.1) is 11.3 Å². The fourth-order valence-corrected chi connectivity index (χ4v) is 5.54.